The Morgan fingerprint density at radius 3 is 2.12 bits per heavy atom. The molecule has 0 aliphatic rings. The van der Waals surface area contributed by atoms with Crippen molar-refractivity contribution in [3.8, 4) is 0 Å². The van der Waals surface area contributed by atoms with Gasteiger partial charge in [0.1, 0.15) is 0 Å². The van der Waals surface area contributed by atoms with Gasteiger partial charge in [-0.3, -0.25) is 4.55 Å². The Bertz CT molecular complexity index is 139. The van der Waals surface area contributed by atoms with Crippen molar-refractivity contribution in [3.63, 3.8) is 0 Å². The summed E-state index contributed by atoms with van der Waals surface area (Å²) >= 11 is 3.03. The van der Waals surface area contributed by atoms with E-state index < -0.39 is 10.1 Å². The maximum Gasteiger partial charge on any atom is 0.264 e. The first-order valence-electron chi connectivity index (χ1n) is 2.07. The van der Waals surface area contributed by atoms with Gasteiger partial charge in [-0.1, -0.05) is 15.9 Å². The van der Waals surface area contributed by atoms with Gasteiger partial charge in [-0.05, 0) is 6.42 Å². The molecule has 0 radical (unpaired) electrons. The summed E-state index contributed by atoms with van der Waals surface area (Å²) < 4.78 is 27.9. The summed E-state index contributed by atoms with van der Waals surface area (Å²) in [7, 11) is -3.72. The molecule has 3 nitrogen and oxygen atoms in total. The molecule has 0 fully saturated rings. The van der Waals surface area contributed by atoms with Gasteiger partial charge in [0.05, 0.1) is 5.75 Å². The summed E-state index contributed by atoms with van der Waals surface area (Å²) in [5, 5.41) is 0.604. The van der Waals surface area contributed by atoms with Gasteiger partial charge < -0.3 is 0 Å². The minimum absolute atomic E-state index is 0.155. The van der Waals surface area contributed by atoms with Crippen LogP contribution in [0.3, 0.4) is 0 Å². The van der Waals surface area contributed by atoms with Crippen molar-refractivity contribution >= 4 is 26.0 Å². The van der Waals surface area contributed by atoms with Crippen LogP contribution in [0.5, 0.6) is 0 Å². The quantitative estimate of drug-likeness (QED) is 0.541. The third-order valence-corrected chi connectivity index (χ3v) is 1.90. The molecule has 0 heterocycles. The number of alkyl halides is 1. The van der Waals surface area contributed by atoms with Crippen LogP contribution in [0, 0.1) is 0 Å². The zero-order valence-corrected chi connectivity index (χ0v) is 6.57. The average molecular weight is 203 g/mol. The summed E-state index contributed by atoms with van der Waals surface area (Å²) in [6, 6.07) is 0. The van der Waals surface area contributed by atoms with Crippen LogP contribution in [0.2, 0.25) is 0 Å². The minimum Gasteiger partial charge on any atom is -0.286 e. The number of halogens is 1. The van der Waals surface area contributed by atoms with E-state index in [2.05, 4.69) is 15.9 Å². The zero-order chi connectivity index (χ0) is 6.62. The third kappa shape index (κ3) is 6.39. The molecule has 0 saturated carbocycles. The Labute approximate surface area is 57.0 Å². The first-order valence-corrected chi connectivity index (χ1v) is 4.80. The van der Waals surface area contributed by atoms with Gasteiger partial charge in [0.25, 0.3) is 10.1 Å². The molecule has 0 aliphatic heterocycles. The molecule has 1 N–H and O–H groups in total. The maximum absolute atomic E-state index is 9.92. The summed E-state index contributed by atoms with van der Waals surface area (Å²) in [6.07, 6.45) is 0.457. The van der Waals surface area contributed by atoms with Crippen molar-refractivity contribution < 1.29 is 13.0 Å². The van der Waals surface area contributed by atoms with Gasteiger partial charge in [0.2, 0.25) is 0 Å². The fourth-order valence-corrected chi connectivity index (χ4v) is 1.40. The zero-order valence-electron chi connectivity index (χ0n) is 4.17. The highest BCUT2D eigenvalue weighted by Crippen LogP contribution is 1.91. The molecule has 8 heavy (non-hydrogen) atoms. The molecule has 0 spiro atoms. The SMILES string of the molecule is O=S(=O)(O)CCCBr. The smallest absolute Gasteiger partial charge is 0.264 e. The van der Waals surface area contributed by atoms with Crippen LogP contribution in [0.4, 0.5) is 0 Å². The van der Waals surface area contributed by atoms with Gasteiger partial charge >= 0.3 is 0 Å². The van der Waals surface area contributed by atoms with E-state index in [1.165, 1.54) is 0 Å². The molecule has 0 aliphatic carbocycles. The normalized spacial score (nSPS) is 11.8. The predicted molar refractivity (Wildman–Crippen MR) is 34.8 cm³/mol. The second kappa shape index (κ2) is 3.42. The van der Waals surface area contributed by atoms with Crippen LogP contribution >= 0.6 is 15.9 Å². The molecule has 0 saturated heterocycles. The van der Waals surface area contributed by atoms with Gasteiger partial charge in [-0.15, -0.1) is 0 Å². The van der Waals surface area contributed by atoms with Crippen molar-refractivity contribution in [1.82, 2.24) is 0 Å². The number of rotatable bonds is 3. The van der Waals surface area contributed by atoms with Gasteiger partial charge in [0.15, 0.2) is 0 Å². The summed E-state index contributed by atoms with van der Waals surface area (Å²) in [6.45, 7) is 0. The molecule has 50 valence electrons. The highest BCUT2D eigenvalue weighted by atomic mass is 79.9. The van der Waals surface area contributed by atoms with E-state index in [1.54, 1.807) is 0 Å². The van der Waals surface area contributed by atoms with Crippen LogP contribution in [-0.4, -0.2) is 24.1 Å². The summed E-state index contributed by atoms with van der Waals surface area (Å²) in [4.78, 5) is 0. The Kier molecular flexibility index (Phi) is 3.59. The van der Waals surface area contributed by atoms with Crippen LogP contribution in [0.15, 0.2) is 0 Å². The molecule has 0 rings (SSSR count). The van der Waals surface area contributed by atoms with Crippen molar-refractivity contribution in [1.29, 1.82) is 0 Å². The number of hydrogen-bond acceptors (Lipinski definition) is 2. The van der Waals surface area contributed by atoms with Crippen molar-refractivity contribution in [2.75, 3.05) is 11.1 Å². The Hall–Kier alpha value is 0.390. The lowest BCUT2D eigenvalue weighted by Crippen LogP contribution is -2.03. The Morgan fingerprint density at radius 2 is 2.00 bits per heavy atom. The molecule has 0 amide bonds. The van der Waals surface area contributed by atoms with E-state index in [0.29, 0.717) is 11.8 Å². The molecule has 0 aromatic heterocycles. The van der Waals surface area contributed by atoms with E-state index in [9.17, 15) is 8.42 Å². The van der Waals surface area contributed by atoms with Gasteiger partial charge in [0, 0.05) is 5.33 Å². The van der Waals surface area contributed by atoms with E-state index in [4.69, 9.17) is 4.55 Å². The molecule has 0 bridgehead atoms. The van der Waals surface area contributed by atoms with Crippen molar-refractivity contribution in [3.05, 3.63) is 0 Å². The van der Waals surface area contributed by atoms with Crippen LogP contribution in [-0.2, 0) is 10.1 Å². The first-order chi connectivity index (χ1) is 3.56. The molecular formula is C3H7BrO3S. The second-order valence-corrected chi connectivity index (χ2v) is 3.69. The topological polar surface area (TPSA) is 54.4 Å². The monoisotopic (exact) mass is 202 g/mol. The highest BCUT2D eigenvalue weighted by molar-refractivity contribution is 9.09. The van der Waals surface area contributed by atoms with Crippen LogP contribution in [0.25, 0.3) is 0 Å². The lowest BCUT2D eigenvalue weighted by atomic mass is 10.6. The minimum atomic E-state index is -3.72. The van der Waals surface area contributed by atoms with Gasteiger partial charge in [-0.2, -0.15) is 8.42 Å². The standard InChI is InChI=1S/C3H7BrO3S/c4-2-1-3-8(5,6)7/h1-3H2,(H,5,6,7). The molecule has 0 aromatic carbocycles. The average Bonchev–Trinajstić information content (AvgIpc) is 1.59. The van der Waals surface area contributed by atoms with Crippen LogP contribution < -0.4 is 0 Å². The molecule has 0 aromatic rings. The number of hydrogen-bond donors (Lipinski definition) is 1. The van der Waals surface area contributed by atoms with Crippen molar-refractivity contribution in [2.24, 2.45) is 0 Å². The first kappa shape index (κ1) is 8.39. The van der Waals surface area contributed by atoms with Crippen LogP contribution in [0.1, 0.15) is 6.42 Å². The molecule has 5 heteroatoms. The summed E-state index contributed by atoms with van der Waals surface area (Å²) in [5.41, 5.74) is 0. The van der Waals surface area contributed by atoms with Crippen molar-refractivity contribution in [2.45, 2.75) is 6.42 Å². The lowest BCUT2D eigenvalue weighted by molar-refractivity contribution is 0.482. The lowest BCUT2D eigenvalue weighted by Gasteiger charge is -1.89. The Morgan fingerprint density at radius 1 is 1.50 bits per heavy atom. The highest BCUT2D eigenvalue weighted by Gasteiger charge is 2.00. The maximum atomic E-state index is 9.92. The van der Waals surface area contributed by atoms with E-state index in [-0.39, 0.29) is 5.75 Å². The fraction of sp³-hybridized carbons (Fsp3) is 1.00. The predicted octanol–water partition coefficient (Wildman–Crippen LogP) is 0.659. The van der Waals surface area contributed by atoms with E-state index in [1.807, 2.05) is 0 Å². The molecule has 0 atom stereocenters. The van der Waals surface area contributed by atoms with Gasteiger partial charge in [-0.25, -0.2) is 0 Å². The molecule has 0 unspecified atom stereocenters. The second-order valence-electron chi connectivity index (χ2n) is 1.33. The van der Waals surface area contributed by atoms with E-state index >= 15 is 0 Å². The Balaban J connectivity index is 3.42. The molecular weight excluding hydrogens is 196 g/mol. The third-order valence-electron chi connectivity index (χ3n) is 0.536. The fourth-order valence-electron chi connectivity index (χ4n) is 0.237. The summed E-state index contributed by atoms with van der Waals surface area (Å²) in [5.74, 6) is -0.155. The van der Waals surface area contributed by atoms with E-state index in [0.717, 1.165) is 0 Å². The largest absolute Gasteiger partial charge is 0.286 e.